The van der Waals surface area contributed by atoms with Gasteiger partial charge in [-0.1, -0.05) is 55.0 Å². The molecule has 3 aromatic rings. The normalized spacial score (nSPS) is 16.3. The highest BCUT2D eigenvalue weighted by Gasteiger charge is 2.26. The minimum atomic E-state index is 0.0680. The molecule has 1 atom stereocenters. The molecule has 2 aromatic carbocycles. The summed E-state index contributed by atoms with van der Waals surface area (Å²) in [5, 5.41) is 1.24. The Labute approximate surface area is 173 Å². The molecule has 1 aliphatic heterocycles. The number of carbonyl (C=O) groups excluding carboxylic acids is 1. The van der Waals surface area contributed by atoms with Crippen molar-refractivity contribution in [2.75, 3.05) is 32.7 Å². The van der Waals surface area contributed by atoms with Crippen molar-refractivity contribution in [3.05, 3.63) is 71.4 Å². The van der Waals surface area contributed by atoms with Crippen LogP contribution in [0.25, 0.3) is 10.9 Å². The standard InChI is InChI=1S/C25H31N3O/c1-4-27-13-15-28(16-14-27)25(29)17-22(20-11-9-19(2)10-12-20)23-18-26(3)24-8-6-5-7-21(23)24/h5-12,18,22H,4,13-17H2,1-3H3. The van der Waals surface area contributed by atoms with Gasteiger partial charge in [-0.05, 0) is 30.7 Å². The second-order valence-electron chi connectivity index (χ2n) is 8.19. The number of hydrogen-bond acceptors (Lipinski definition) is 2. The largest absolute Gasteiger partial charge is 0.350 e. The van der Waals surface area contributed by atoms with E-state index in [-0.39, 0.29) is 11.8 Å². The maximum atomic E-state index is 13.3. The maximum Gasteiger partial charge on any atom is 0.223 e. The van der Waals surface area contributed by atoms with Gasteiger partial charge in [-0.3, -0.25) is 4.79 Å². The van der Waals surface area contributed by atoms with Crippen molar-refractivity contribution >= 4 is 16.8 Å². The number of likely N-dealkylation sites (N-methyl/N-ethyl adjacent to an activating group) is 1. The number of fused-ring (bicyclic) bond motifs is 1. The Hall–Kier alpha value is -2.59. The highest BCUT2D eigenvalue weighted by molar-refractivity contribution is 5.86. The van der Waals surface area contributed by atoms with Crippen LogP contribution >= 0.6 is 0 Å². The average Bonchev–Trinajstić information content (AvgIpc) is 3.09. The van der Waals surface area contributed by atoms with E-state index in [2.05, 4.69) is 90.0 Å². The van der Waals surface area contributed by atoms with E-state index in [1.165, 1.54) is 27.6 Å². The zero-order valence-electron chi connectivity index (χ0n) is 17.8. The second-order valence-corrected chi connectivity index (χ2v) is 8.19. The molecule has 1 amide bonds. The van der Waals surface area contributed by atoms with Crippen LogP contribution in [-0.4, -0.2) is 53.0 Å². The molecule has 0 saturated carbocycles. The van der Waals surface area contributed by atoms with Crippen molar-refractivity contribution < 1.29 is 4.79 Å². The van der Waals surface area contributed by atoms with Crippen LogP contribution in [0.5, 0.6) is 0 Å². The van der Waals surface area contributed by atoms with Crippen LogP contribution in [0.4, 0.5) is 0 Å². The number of para-hydroxylation sites is 1. The molecular formula is C25H31N3O. The van der Waals surface area contributed by atoms with Crippen molar-refractivity contribution in [3.63, 3.8) is 0 Å². The van der Waals surface area contributed by atoms with Crippen molar-refractivity contribution in [1.29, 1.82) is 0 Å². The fraction of sp³-hybridized carbons (Fsp3) is 0.400. The summed E-state index contributed by atoms with van der Waals surface area (Å²) in [6.45, 7) is 8.98. The van der Waals surface area contributed by atoms with Crippen molar-refractivity contribution in [1.82, 2.24) is 14.4 Å². The minimum Gasteiger partial charge on any atom is -0.350 e. The molecule has 152 valence electrons. The lowest BCUT2D eigenvalue weighted by Gasteiger charge is -2.34. The quantitative estimate of drug-likeness (QED) is 0.655. The van der Waals surface area contributed by atoms with E-state index in [9.17, 15) is 4.79 Å². The maximum absolute atomic E-state index is 13.3. The molecule has 0 radical (unpaired) electrons. The van der Waals surface area contributed by atoms with Crippen LogP contribution in [0.15, 0.2) is 54.7 Å². The molecule has 1 aromatic heterocycles. The van der Waals surface area contributed by atoms with Gasteiger partial charge < -0.3 is 14.4 Å². The summed E-state index contributed by atoms with van der Waals surface area (Å²) in [5.74, 6) is 0.331. The molecule has 0 spiro atoms. The Morgan fingerprint density at radius 1 is 1.00 bits per heavy atom. The number of carbonyl (C=O) groups is 1. The van der Waals surface area contributed by atoms with Gasteiger partial charge in [-0.2, -0.15) is 0 Å². The summed E-state index contributed by atoms with van der Waals surface area (Å²) < 4.78 is 2.18. The molecule has 0 aliphatic carbocycles. The van der Waals surface area contributed by atoms with Gasteiger partial charge in [0.2, 0.25) is 5.91 Å². The van der Waals surface area contributed by atoms with E-state index >= 15 is 0 Å². The van der Waals surface area contributed by atoms with E-state index in [0.717, 1.165) is 32.7 Å². The van der Waals surface area contributed by atoms with Gasteiger partial charge in [0.15, 0.2) is 0 Å². The lowest BCUT2D eigenvalue weighted by atomic mass is 9.87. The topological polar surface area (TPSA) is 28.5 Å². The van der Waals surface area contributed by atoms with Gasteiger partial charge in [0.05, 0.1) is 0 Å². The highest BCUT2D eigenvalue weighted by atomic mass is 16.2. The number of benzene rings is 2. The lowest BCUT2D eigenvalue weighted by Crippen LogP contribution is -2.48. The molecule has 2 heterocycles. The number of aryl methyl sites for hydroxylation is 2. The van der Waals surface area contributed by atoms with Gasteiger partial charge >= 0.3 is 0 Å². The predicted octanol–water partition coefficient (Wildman–Crippen LogP) is 4.17. The first-order chi connectivity index (χ1) is 14.1. The summed E-state index contributed by atoms with van der Waals surface area (Å²) >= 11 is 0. The molecule has 1 saturated heterocycles. The molecule has 4 rings (SSSR count). The van der Waals surface area contributed by atoms with Crippen LogP contribution < -0.4 is 0 Å². The van der Waals surface area contributed by atoms with Gasteiger partial charge in [-0.25, -0.2) is 0 Å². The molecule has 4 nitrogen and oxygen atoms in total. The average molecular weight is 390 g/mol. The molecule has 29 heavy (non-hydrogen) atoms. The lowest BCUT2D eigenvalue weighted by molar-refractivity contribution is -0.133. The van der Waals surface area contributed by atoms with Crippen LogP contribution in [0.2, 0.25) is 0 Å². The van der Waals surface area contributed by atoms with Gasteiger partial charge in [0.1, 0.15) is 0 Å². The number of amides is 1. The molecular weight excluding hydrogens is 358 g/mol. The van der Waals surface area contributed by atoms with E-state index < -0.39 is 0 Å². The fourth-order valence-electron chi connectivity index (χ4n) is 4.47. The second kappa shape index (κ2) is 8.42. The van der Waals surface area contributed by atoms with E-state index in [1.54, 1.807) is 0 Å². The number of hydrogen-bond donors (Lipinski definition) is 0. The Morgan fingerprint density at radius 3 is 2.38 bits per heavy atom. The highest BCUT2D eigenvalue weighted by Crippen LogP contribution is 2.35. The zero-order chi connectivity index (χ0) is 20.4. The third kappa shape index (κ3) is 4.08. The summed E-state index contributed by atoms with van der Waals surface area (Å²) in [7, 11) is 2.09. The predicted molar refractivity (Wildman–Crippen MR) is 119 cm³/mol. The number of piperazine rings is 1. The first kappa shape index (κ1) is 19.7. The zero-order valence-corrected chi connectivity index (χ0v) is 17.8. The minimum absolute atomic E-state index is 0.0680. The monoisotopic (exact) mass is 389 g/mol. The molecule has 0 bridgehead atoms. The summed E-state index contributed by atoms with van der Waals surface area (Å²) in [6, 6.07) is 17.2. The van der Waals surface area contributed by atoms with Gasteiger partial charge in [-0.15, -0.1) is 0 Å². The first-order valence-corrected chi connectivity index (χ1v) is 10.7. The summed E-state index contributed by atoms with van der Waals surface area (Å²) in [6.07, 6.45) is 2.72. The Morgan fingerprint density at radius 2 is 1.69 bits per heavy atom. The van der Waals surface area contributed by atoms with Crippen molar-refractivity contribution in [3.8, 4) is 0 Å². The van der Waals surface area contributed by atoms with E-state index in [1.807, 2.05) is 0 Å². The summed E-state index contributed by atoms with van der Waals surface area (Å²) in [4.78, 5) is 17.7. The molecule has 0 N–H and O–H groups in total. The molecule has 1 unspecified atom stereocenters. The third-order valence-corrected chi connectivity index (χ3v) is 6.33. The van der Waals surface area contributed by atoms with Crippen LogP contribution in [0.3, 0.4) is 0 Å². The van der Waals surface area contributed by atoms with Crippen LogP contribution in [0, 0.1) is 6.92 Å². The molecule has 1 aliphatic rings. The SMILES string of the molecule is CCN1CCN(C(=O)CC(c2ccc(C)cc2)c2cn(C)c3ccccc23)CC1. The van der Waals surface area contributed by atoms with Crippen LogP contribution in [0.1, 0.15) is 36.0 Å². The van der Waals surface area contributed by atoms with E-state index in [4.69, 9.17) is 0 Å². The Bertz CT molecular complexity index is 981. The number of nitrogens with zero attached hydrogens (tertiary/aromatic N) is 3. The van der Waals surface area contributed by atoms with E-state index in [0.29, 0.717) is 6.42 Å². The Balaban J connectivity index is 1.66. The smallest absolute Gasteiger partial charge is 0.223 e. The number of rotatable bonds is 5. The number of aromatic nitrogens is 1. The van der Waals surface area contributed by atoms with Crippen LogP contribution in [-0.2, 0) is 11.8 Å². The van der Waals surface area contributed by atoms with Gasteiger partial charge in [0, 0.05) is 62.7 Å². The van der Waals surface area contributed by atoms with Crippen molar-refractivity contribution in [2.24, 2.45) is 7.05 Å². The Kier molecular flexibility index (Phi) is 5.72. The van der Waals surface area contributed by atoms with Gasteiger partial charge in [0.25, 0.3) is 0 Å². The molecule has 1 fully saturated rings. The first-order valence-electron chi connectivity index (χ1n) is 10.7. The van der Waals surface area contributed by atoms with Crippen molar-refractivity contribution in [2.45, 2.75) is 26.2 Å². The molecule has 4 heteroatoms. The fourth-order valence-corrected chi connectivity index (χ4v) is 4.47. The summed E-state index contributed by atoms with van der Waals surface area (Å²) in [5.41, 5.74) is 4.91. The third-order valence-electron chi connectivity index (χ3n) is 6.33.